The molecule has 0 aliphatic carbocycles. The zero-order valence-corrected chi connectivity index (χ0v) is 9.49. The molecule has 1 N–H and O–H groups in total. The van der Waals surface area contributed by atoms with Crippen molar-refractivity contribution >= 4 is 5.91 Å². The molecule has 1 aliphatic heterocycles. The van der Waals surface area contributed by atoms with Crippen LogP contribution in [0.15, 0.2) is 18.3 Å². The second-order valence-corrected chi connectivity index (χ2v) is 4.05. The second-order valence-electron chi connectivity index (χ2n) is 4.05. The van der Waals surface area contributed by atoms with Gasteiger partial charge in [0.25, 0.3) is 5.91 Å². The lowest BCUT2D eigenvalue weighted by molar-refractivity contribution is 0.0907. The predicted molar refractivity (Wildman–Crippen MR) is 60.1 cm³/mol. The average Bonchev–Trinajstić information content (AvgIpc) is 2.83. The van der Waals surface area contributed by atoms with Crippen LogP contribution in [-0.4, -0.2) is 30.1 Å². The Balaban J connectivity index is 1.75. The fourth-order valence-corrected chi connectivity index (χ4v) is 1.83. The van der Waals surface area contributed by atoms with E-state index in [0.717, 1.165) is 25.9 Å². The third kappa shape index (κ3) is 3.49. The third-order valence-corrected chi connectivity index (χ3v) is 2.77. The van der Waals surface area contributed by atoms with Gasteiger partial charge in [0, 0.05) is 19.3 Å². The number of pyridine rings is 1. The van der Waals surface area contributed by atoms with Crippen LogP contribution >= 0.6 is 0 Å². The molecule has 1 unspecified atom stereocenters. The van der Waals surface area contributed by atoms with Crippen LogP contribution in [0.25, 0.3) is 0 Å². The highest BCUT2D eigenvalue weighted by atomic mass is 19.1. The van der Waals surface area contributed by atoms with Crippen molar-refractivity contribution < 1.29 is 13.9 Å². The number of ether oxygens (including phenoxy) is 1. The molecule has 1 amide bonds. The van der Waals surface area contributed by atoms with Gasteiger partial charge < -0.3 is 10.1 Å². The minimum atomic E-state index is -0.582. The molecule has 17 heavy (non-hydrogen) atoms. The highest BCUT2D eigenvalue weighted by molar-refractivity contribution is 5.93. The van der Waals surface area contributed by atoms with Crippen LogP contribution < -0.4 is 5.32 Å². The fraction of sp³-hybridized carbons (Fsp3) is 0.500. The van der Waals surface area contributed by atoms with E-state index in [9.17, 15) is 9.18 Å². The van der Waals surface area contributed by atoms with Crippen LogP contribution in [0, 0.1) is 5.95 Å². The van der Waals surface area contributed by atoms with Crippen molar-refractivity contribution in [3.05, 3.63) is 29.8 Å². The first-order valence-electron chi connectivity index (χ1n) is 5.77. The van der Waals surface area contributed by atoms with Gasteiger partial charge in [-0.1, -0.05) is 0 Å². The van der Waals surface area contributed by atoms with E-state index >= 15 is 0 Å². The molecular formula is C12H15FN2O2. The van der Waals surface area contributed by atoms with Crippen molar-refractivity contribution in [2.24, 2.45) is 0 Å². The molecule has 92 valence electrons. The zero-order valence-electron chi connectivity index (χ0n) is 9.49. The van der Waals surface area contributed by atoms with Crippen LogP contribution in [0.4, 0.5) is 4.39 Å². The number of halogens is 1. The summed E-state index contributed by atoms with van der Waals surface area (Å²) in [6.45, 7) is 1.39. The quantitative estimate of drug-likeness (QED) is 0.809. The van der Waals surface area contributed by atoms with Gasteiger partial charge >= 0.3 is 0 Å². The Kier molecular flexibility index (Phi) is 4.03. The molecule has 4 nitrogen and oxygen atoms in total. The molecule has 0 spiro atoms. The van der Waals surface area contributed by atoms with Crippen LogP contribution in [0.2, 0.25) is 0 Å². The third-order valence-electron chi connectivity index (χ3n) is 2.77. The smallest absolute Gasteiger partial charge is 0.252 e. The fourth-order valence-electron chi connectivity index (χ4n) is 1.83. The zero-order chi connectivity index (χ0) is 12.1. The Morgan fingerprint density at radius 2 is 2.47 bits per heavy atom. The summed E-state index contributed by atoms with van der Waals surface area (Å²) in [5.41, 5.74) is 0.374. The molecule has 1 aliphatic rings. The SMILES string of the molecule is O=C(NCCC1CCCO1)c1ccc(F)nc1. The minimum Gasteiger partial charge on any atom is -0.378 e. The molecule has 2 rings (SSSR count). The second kappa shape index (κ2) is 5.72. The maximum atomic E-state index is 12.5. The molecule has 0 bridgehead atoms. The maximum Gasteiger partial charge on any atom is 0.252 e. The number of carbonyl (C=O) groups excluding carboxylic acids is 1. The molecular weight excluding hydrogens is 223 g/mol. The van der Waals surface area contributed by atoms with E-state index in [2.05, 4.69) is 10.3 Å². The molecule has 1 aromatic rings. The summed E-state index contributed by atoms with van der Waals surface area (Å²) in [5.74, 6) is -0.809. The number of aromatic nitrogens is 1. The van der Waals surface area contributed by atoms with Gasteiger partial charge in [0.2, 0.25) is 5.95 Å². The van der Waals surface area contributed by atoms with Crippen LogP contribution in [0.5, 0.6) is 0 Å². The number of nitrogens with one attached hydrogen (secondary N) is 1. The number of hydrogen-bond acceptors (Lipinski definition) is 3. The van der Waals surface area contributed by atoms with Gasteiger partial charge in [0.15, 0.2) is 0 Å². The van der Waals surface area contributed by atoms with Crippen molar-refractivity contribution in [1.29, 1.82) is 0 Å². The number of rotatable bonds is 4. The van der Waals surface area contributed by atoms with E-state index < -0.39 is 5.95 Å². The topological polar surface area (TPSA) is 51.2 Å². The number of hydrogen-bond donors (Lipinski definition) is 1. The summed E-state index contributed by atoms with van der Waals surface area (Å²) in [6, 6.07) is 2.60. The first-order valence-corrected chi connectivity index (χ1v) is 5.77. The van der Waals surface area contributed by atoms with Crippen LogP contribution in [-0.2, 0) is 4.74 Å². The van der Waals surface area contributed by atoms with Gasteiger partial charge in [-0.15, -0.1) is 0 Å². The molecule has 1 aromatic heterocycles. The first-order chi connectivity index (χ1) is 8.25. The Labute approximate surface area is 99.2 Å². The Morgan fingerprint density at radius 1 is 1.59 bits per heavy atom. The lowest BCUT2D eigenvalue weighted by Gasteiger charge is -2.09. The van der Waals surface area contributed by atoms with E-state index in [1.54, 1.807) is 0 Å². The van der Waals surface area contributed by atoms with Crippen molar-refractivity contribution in [1.82, 2.24) is 10.3 Å². The molecule has 2 heterocycles. The summed E-state index contributed by atoms with van der Waals surface area (Å²) >= 11 is 0. The Morgan fingerprint density at radius 3 is 3.12 bits per heavy atom. The molecule has 0 radical (unpaired) electrons. The molecule has 1 saturated heterocycles. The highest BCUT2D eigenvalue weighted by Crippen LogP contribution is 2.14. The summed E-state index contributed by atoms with van der Waals surface area (Å²) in [7, 11) is 0. The lowest BCUT2D eigenvalue weighted by atomic mass is 10.2. The van der Waals surface area contributed by atoms with Crippen molar-refractivity contribution in [2.45, 2.75) is 25.4 Å². The predicted octanol–water partition coefficient (Wildman–Crippen LogP) is 1.52. The Bertz CT molecular complexity index is 375. The van der Waals surface area contributed by atoms with Crippen molar-refractivity contribution in [2.75, 3.05) is 13.2 Å². The van der Waals surface area contributed by atoms with Crippen LogP contribution in [0.3, 0.4) is 0 Å². The van der Waals surface area contributed by atoms with Gasteiger partial charge in [-0.25, -0.2) is 4.98 Å². The molecule has 1 fully saturated rings. The van der Waals surface area contributed by atoms with Gasteiger partial charge in [0.1, 0.15) is 0 Å². The summed E-state index contributed by atoms with van der Waals surface area (Å²) in [6.07, 6.45) is 4.48. The normalized spacial score (nSPS) is 19.2. The summed E-state index contributed by atoms with van der Waals surface area (Å²) in [4.78, 5) is 15.0. The van der Waals surface area contributed by atoms with Crippen LogP contribution in [0.1, 0.15) is 29.6 Å². The monoisotopic (exact) mass is 238 g/mol. The van der Waals surface area contributed by atoms with E-state index in [0.29, 0.717) is 12.1 Å². The van der Waals surface area contributed by atoms with Gasteiger partial charge in [-0.05, 0) is 31.4 Å². The van der Waals surface area contributed by atoms with E-state index in [4.69, 9.17) is 4.74 Å². The maximum absolute atomic E-state index is 12.5. The highest BCUT2D eigenvalue weighted by Gasteiger charge is 2.15. The largest absolute Gasteiger partial charge is 0.378 e. The van der Waals surface area contributed by atoms with E-state index in [-0.39, 0.29) is 12.0 Å². The standard InChI is InChI=1S/C12H15FN2O2/c13-11-4-3-9(8-15-11)12(16)14-6-5-10-2-1-7-17-10/h3-4,8,10H,1-2,5-7H2,(H,14,16). The average molecular weight is 238 g/mol. The molecule has 0 saturated carbocycles. The van der Waals surface area contributed by atoms with Gasteiger partial charge in [0.05, 0.1) is 11.7 Å². The summed E-state index contributed by atoms with van der Waals surface area (Å²) < 4.78 is 18.0. The Hall–Kier alpha value is -1.49. The lowest BCUT2D eigenvalue weighted by Crippen LogP contribution is -2.27. The minimum absolute atomic E-state index is 0.226. The van der Waals surface area contributed by atoms with Gasteiger partial charge in [-0.2, -0.15) is 4.39 Å². The van der Waals surface area contributed by atoms with E-state index in [1.165, 1.54) is 18.3 Å². The molecule has 0 aromatic carbocycles. The first kappa shape index (κ1) is 12.0. The molecule has 5 heteroatoms. The van der Waals surface area contributed by atoms with Crippen molar-refractivity contribution in [3.63, 3.8) is 0 Å². The van der Waals surface area contributed by atoms with E-state index in [1.807, 2.05) is 0 Å². The number of carbonyl (C=O) groups is 1. The van der Waals surface area contributed by atoms with Gasteiger partial charge in [-0.3, -0.25) is 4.79 Å². The summed E-state index contributed by atoms with van der Waals surface area (Å²) in [5, 5.41) is 2.76. The number of nitrogens with zero attached hydrogens (tertiary/aromatic N) is 1. The molecule has 1 atom stereocenters. The van der Waals surface area contributed by atoms with Crippen molar-refractivity contribution in [3.8, 4) is 0 Å². The number of amides is 1.